The molecular formula is C58H105NO7P+. The molecule has 9 heteroatoms. The molecule has 0 amide bonds. The number of carbonyl (C=O) groups is 1. The lowest BCUT2D eigenvalue weighted by Gasteiger charge is -2.24. The second-order valence-corrected chi connectivity index (χ2v) is 20.7. The van der Waals surface area contributed by atoms with Crippen molar-refractivity contribution in [3.63, 3.8) is 0 Å². The third-order valence-electron chi connectivity index (χ3n) is 11.4. The van der Waals surface area contributed by atoms with E-state index in [0.717, 1.165) is 77.0 Å². The number of hydrogen-bond donors (Lipinski definition) is 1. The number of rotatable bonds is 50. The quantitative estimate of drug-likeness (QED) is 0.0213. The van der Waals surface area contributed by atoms with Crippen LogP contribution in [0.3, 0.4) is 0 Å². The van der Waals surface area contributed by atoms with Gasteiger partial charge in [0.05, 0.1) is 34.4 Å². The number of phosphoric ester groups is 1. The molecule has 2 unspecified atom stereocenters. The largest absolute Gasteiger partial charge is 0.472 e. The highest BCUT2D eigenvalue weighted by atomic mass is 31.2. The van der Waals surface area contributed by atoms with Crippen LogP contribution in [-0.2, 0) is 27.9 Å². The van der Waals surface area contributed by atoms with E-state index >= 15 is 0 Å². The Labute approximate surface area is 414 Å². The van der Waals surface area contributed by atoms with Crippen molar-refractivity contribution < 1.29 is 37.3 Å². The number of esters is 1. The molecule has 0 heterocycles. The minimum Gasteiger partial charge on any atom is -0.457 e. The smallest absolute Gasteiger partial charge is 0.457 e. The van der Waals surface area contributed by atoms with Crippen molar-refractivity contribution >= 4 is 13.8 Å². The summed E-state index contributed by atoms with van der Waals surface area (Å²) in [6.45, 7) is 5.47. The molecule has 388 valence electrons. The Morgan fingerprint density at radius 1 is 0.478 bits per heavy atom. The average molecular weight is 959 g/mol. The number of likely N-dealkylation sites (N-methyl/N-ethyl adjacent to an activating group) is 1. The highest BCUT2D eigenvalue weighted by Crippen LogP contribution is 2.43. The fraction of sp³-hybridized carbons (Fsp3) is 0.741. The molecule has 67 heavy (non-hydrogen) atoms. The van der Waals surface area contributed by atoms with Gasteiger partial charge in [0.2, 0.25) is 0 Å². The number of nitrogens with zero attached hydrogens (tertiary/aromatic N) is 1. The zero-order valence-electron chi connectivity index (χ0n) is 44.1. The molecule has 0 aromatic heterocycles. The van der Waals surface area contributed by atoms with Gasteiger partial charge in [0.1, 0.15) is 19.3 Å². The number of hydrogen-bond acceptors (Lipinski definition) is 6. The summed E-state index contributed by atoms with van der Waals surface area (Å²) in [5, 5.41) is 0. The molecule has 0 fully saturated rings. The van der Waals surface area contributed by atoms with Crippen LogP contribution < -0.4 is 0 Å². The molecule has 0 rings (SSSR count). The lowest BCUT2D eigenvalue weighted by Crippen LogP contribution is -2.37. The van der Waals surface area contributed by atoms with E-state index in [0.29, 0.717) is 24.1 Å². The van der Waals surface area contributed by atoms with Gasteiger partial charge in [0.15, 0.2) is 0 Å². The predicted octanol–water partition coefficient (Wildman–Crippen LogP) is 17.2. The first kappa shape index (κ1) is 64.7. The maximum Gasteiger partial charge on any atom is 0.472 e. The predicted molar refractivity (Wildman–Crippen MR) is 288 cm³/mol. The van der Waals surface area contributed by atoms with E-state index in [1.807, 2.05) is 21.1 Å². The van der Waals surface area contributed by atoms with Gasteiger partial charge in [-0.15, -0.1) is 0 Å². The van der Waals surface area contributed by atoms with Crippen molar-refractivity contribution in [1.82, 2.24) is 0 Å². The van der Waals surface area contributed by atoms with Crippen LogP contribution in [-0.4, -0.2) is 75.6 Å². The van der Waals surface area contributed by atoms with E-state index in [1.54, 1.807) is 0 Å². The molecule has 0 aliphatic carbocycles. The monoisotopic (exact) mass is 959 g/mol. The fourth-order valence-corrected chi connectivity index (χ4v) is 8.00. The van der Waals surface area contributed by atoms with Crippen LogP contribution in [0.15, 0.2) is 85.1 Å². The Hall–Kier alpha value is -2.32. The number of phosphoric acid groups is 1. The number of allylic oxidation sites excluding steroid dienone is 14. The van der Waals surface area contributed by atoms with Gasteiger partial charge in [-0.2, -0.15) is 0 Å². The van der Waals surface area contributed by atoms with Crippen LogP contribution in [0.1, 0.15) is 219 Å². The van der Waals surface area contributed by atoms with Gasteiger partial charge in [0.25, 0.3) is 0 Å². The summed E-state index contributed by atoms with van der Waals surface area (Å²) in [4.78, 5) is 23.1. The second-order valence-electron chi connectivity index (χ2n) is 19.2. The van der Waals surface area contributed by atoms with Crippen LogP contribution >= 0.6 is 7.82 Å². The molecular weight excluding hydrogens is 854 g/mol. The van der Waals surface area contributed by atoms with Crippen LogP contribution in [0.25, 0.3) is 0 Å². The maximum absolute atomic E-state index is 12.8. The summed E-state index contributed by atoms with van der Waals surface area (Å²) < 4.78 is 35.2. The van der Waals surface area contributed by atoms with E-state index < -0.39 is 13.9 Å². The summed E-state index contributed by atoms with van der Waals surface area (Å²) in [7, 11) is 1.65. The highest BCUT2D eigenvalue weighted by Gasteiger charge is 2.26. The topological polar surface area (TPSA) is 91.3 Å². The van der Waals surface area contributed by atoms with Crippen LogP contribution in [0.5, 0.6) is 0 Å². The standard InChI is InChI=1S/C58H104NO7P/c1-6-8-10-12-14-16-18-20-22-24-26-28-29-30-31-32-33-35-37-39-41-43-45-47-49-51-58(60)66-57(56-65-67(61,62)64-54-52-59(3,4)5)55-63-53-50-48-46-44-42-40-38-36-34-27-25-23-21-19-17-15-13-11-9-7-2/h9,11,15,17-18,20-21,23-24,26-27,29-30,34,57H,6-8,10,12-14,16,19,22,25,28,31-33,35-56H2,1-5H3/p+1/b11-9-,17-15-,20-18-,23-21-,26-24-,30-29-,34-27-. The second kappa shape index (κ2) is 50.1. The van der Waals surface area contributed by atoms with Gasteiger partial charge in [0, 0.05) is 13.0 Å². The summed E-state index contributed by atoms with van der Waals surface area (Å²) in [5.41, 5.74) is 0. The Kier molecular flexibility index (Phi) is 48.3. The molecule has 0 aromatic rings. The van der Waals surface area contributed by atoms with Gasteiger partial charge in [-0.3, -0.25) is 13.8 Å². The Bertz CT molecular complexity index is 1340. The zero-order chi connectivity index (χ0) is 49.0. The molecule has 0 aliphatic heterocycles. The SMILES string of the molecule is CC/C=C\C/C=C\C/C=C\C/C=C\CCCCCCCCCOCC(COP(=O)(O)OCC[N+](C)(C)C)OC(=O)CCCCCCCCCCCC/C=C\C/C=C\C/C=C\CCCCCCC. The minimum absolute atomic E-state index is 0.0813. The first-order valence-corrected chi connectivity index (χ1v) is 28.8. The summed E-state index contributed by atoms with van der Waals surface area (Å²) in [6.07, 6.45) is 67.8. The van der Waals surface area contributed by atoms with Crippen molar-refractivity contribution in [2.75, 3.05) is 54.1 Å². The Morgan fingerprint density at radius 3 is 1.30 bits per heavy atom. The first-order chi connectivity index (χ1) is 32.6. The molecule has 1 N–H and O–H groups in total. The van der Waals surface area contributed by atoms with E-state index in [2.05, 4.69) is 98.9 Å². The Balaban J connectivity index is 4.15. The molecule has 0 aromatic carbocycles. The third-order valence-corrected chi connectivity index (χ3v) is 12.4. The molecule has 8 nitrogen and oxygen atoms in total. The highest BCUT2D eigenvalue weighted by molar-refractivity contribution is 7.47. The van der Waals surface area contributed by atoms with Gasteiger partial charge in [-0.25, -0.2) is 4.57 Å². The molecule has 2 atom stereocenters. The van der Waals surface area contributed by atoms with Crippen molar-refractivity contribution in [3.05, 3.63) is 85.1 Å². The van der Waals surface area contributed by atoms with Crippen LogP contribution in [0.4, 0.5) is 0 Å². The van der Waals surface area contributed by atoms with Crippen molar-refractivity contribution in [2.45, 2.75) is 225 Å². The van der Waals surface area contributed by atoms with Gasteiger partial charge >= 0.3 is 13.8 Å². The third kappa shape index (κ3) is 54.5. The van der Waals surface area contributed by atoms with Crippen LogP contribution in [0.2, 0.25) is 0 Å². The first-order valence-electron chi connectivity index (χ1n) is 27.3. The van der Waals surface area contributed by atoms with Crippen molar-refractivity contribution in [3.8, 4) is 0 Å². The summed E-state index contributed by atoms with van der Waals surface area (Å²) >= 11 is 0. The zero-order valence-corrected chi connectivity index (χ0v) is 45.0. The summed E-state index contributed by atoms with van der Waals surface area (Å²) in [5.74, 6) is -0.323. The summed E-state index contributed by atoms with van der Waals surface area (Å²) in [6, 6.07) is 0. The molecule has 0 spiro atoms. The Morgan fingerprint density at radius 2 is 0.866 bits per heavy atom. The minimum atomic E-state index is -4.29. The van der Waals surface area contributed by atoms with E-state index in [9.17, 15) is 14.3 Å². The number of unbranched alkanes of at least 4 members (excludes halogenated alkanes) is 22. The lowest BCUT2D eigenvalue weighted by molar-refractivity contribution is -0.870. The number of quaternary nitrogens is 1. The number of ether oxygens (including phenoxy) is 2. The van der Waals surface area contributed by atoms with Crippen molar-refractivity contribution in [2.24, 2.45) is 0 Å². The van der Waals surface area contributed by atoms with E-state index in [1.165, 1.54) is 122 Å². The molecule has 0 saturated carbocycles. The van der Waals surface area contributed by atoms with Gasteiger partial charge in [-0.05, 0) is 89.9 Å². The molecule has 0 aliphatic rings. The van der Waals surface area contributed by atoms with E-state index in [4.69, 9.17) is 18.5 Å². The van der Waals surface area contributed by atoms with Gasteiger partial charge < -0.3 is 18.9 Å². The normalized spacial score (nSPS) is 14.2. The lowest BCUT2D eigenvalue weighted by atomic mass is 10.0. The van der Waals surface area contributed by atoms with E-state index in [-0.39, 0.29) is 25.8 Å². The van der Waals surface area contributed by atoms with Gasteiger partial charge in [-0.1, -0.05) is 208 Å². The van der Waals surface area contributed by atoms with Crippen LogP contribution in [0, 0.1) is 0 Å². The maximum atomic E-state index is 12.8. The molecule has 0 saturated heterocycles. The van der Waals surface area contributed by atoms with Crippen molar-refractivity contribution in [1.29, 1.82) is 0 Å². The fourth-order valence-electron chi connectivity index (χ4n) is 7.26. The molecule has 0 radical (unpaired) electrons. The number of carbonyl (C=O) groups excluding carboxylic acids is 1. The average Bonchev–Trinajstić information content (AvgIpc) is 3.29. The molecule has 0 bridgehead atoms.